The summed E-state index contributed by atoms with van der Waals surface area (Å²) in [4.78, 5) is 37.1. The molecule has 0 rings (SSSR count). The van der Waals surface area contributed by atoms with Gasteiger partial charge in [0.1, 0.15) is 13.2 Å². The van der Waals surface area contributed by atoms with E-state index in [0.29, 0.717) is 23.9 Å². The molecule has 0 N–H and O–H groups in total. The van der Waals surface area contributed by atoms with E-state index in [1.165, 1.54) is 167 Å². The Labute approximate surface area is 370 Å². The normalized spacial score (nSPS) is 12.9. The van der Waals surface area contributed by atoms with Gasteiger partial charge in [-0.05, 0) is 38.5 Å². The summed E-state index contributed by atoms with van der Waals surface area (Å²) >= 11 is 0. The molecule has 2 atom stereocenters. The van der Waals surface area contributed by atoms with Gasteiger partial charge in [-0.3, -0.25) is 9.59 Å². The predicted molar refractivity (Wildman–Crippen MR) is 247 cm³/mol. The lowest BCUT2D eigenvalue weighted by Gasteiger charge is -2.26. The molecule has 0 radical (unpaired) electrons. The highest BCUT2D eigenvalue weighted by molar-refractivity contribution is 5.70. The van der Waals surface area contributed by atoms with Crippen molar-refractivity contribution in [1.29, 1.82) is 0 Å². The van der Waals surface area contributed by atoms with Crippen LogP contribution in [0.3, 0.4) is 0 Å². The van der Waals surface area contributed by atoms with Gasteiger partial charge >= 0.3 is 11.9 Å². The zero-order valence-electron chi connectivity index (χ0n) is 40.1. The van der Waals surface area contributed by atoms with E-state index in [0.717, 1.165) is 38.5 Å². The molecule has 0 fully saturated rings. The Kier molecular flexibility index (Phi) is 42.2. The molecule has 0 aromatic heterocycles. The minimum Gasteiger partial charge on any atom is -0.545 e. The van der Waals surface area contributed by atoms with Crippen LogP contribution in [0.15, 0.2) is 12.2 Å². The van der Waals surface area contributed by atoms with Crippen molar-refractivity contribution < 1.29 is 42.9 Å². The van der Waals surface area contributed by atoms with E-state index in [2.05, 4.69) is 26.0 Å². The zero-order chi connectivity index (χ0) is 44.2. The molecule has 60 heavy (non-hydrogen) atoms. The van der Waals surface area contributed by atoms with Crippen LogP contribution >= 0.6 is 0 Å². The Hall–Kier alpha value is -1.97. The molecule has 2 unspecified atom stereocenters. The lowest BCUT2D eigenvalue weighted by molar-refractivity contribution is -0.870. The van der Waals surface area contributed by atoms with Gasteiger partial charge in [0, 0.05) is 12.8 Å². The van der Waals surface area contributed by atoms with E-state index in [-0.39, 0.29) is 32.2 Å². The Bertz CT molecular complexity index is 996. The van der Waals surface area contributed by atoms with Crippen molar-refractivity contribution in [2.24, 2.45) is 0 Å². The van der Waals surface area contributed by atoms with Crippen LogP contribution < -0.4 is 5.11 Å². The van der Waals surface area contributed by atoms with Gasteiger partial charge in [0.15, 0.2) is 12.4 Å². The molecule has 0 bridgehead atoms. The highest BCUT2D eigenvalue weighted by atomic mass is 16.7. The van der Waals surface area contributed by atoms with Crippen molar-refractivity contribution in [1.82, 2.24) is 0 Å². The topological polar surface area (TPSA) is 111 Å². The number of carbonyl (C=O) groups is 3. The smallest absolute Gasteiger partial charge is 0.306 e. The fraction of sp³-hybridized carbons (Fsp3) is 0.902. The summed E-state index contributed by atoms with van der Waals surface area (Å²) in [6, 6.07) is 0. The van der Waals surface area contributed by atoms with E-state index in [1.807, 2.05) is 21.1 Å². The number of carbonyl (C=O) groups excluding carboxylic acids is 3. The number of carboxylic acid groups (broad SMARTS) is 1. The largest absolute Gasteiger partial charge is 0.545 e. The number of likely N-dealkylation sites (N-methyl/N-ethyl adjacent to an activating group) is 1. The second-order valence-electron chi connectivity index (χ2n) is 18.5. The van der Waals surface area contributed by atoms with Crippen LogP contribution in [0.5, 0.6) is 0 Å². The van der Waals surface area contributed by atoms with Gasteiger partial charge in [0.25, 0.3) is 0 Å². The second-order valence-corrected chi connectivity index (χ2v) is 18.5. The summed E-state index contributed by atoms with van der Waals surface area (Å²) < 4.78 is 22.6. The highest BCUT2D eigenvalue weighted by Gasteiger charge is 2.22. The van der Waals surface area contributed by atoms with Crippen LogP contribution in [0.4, 0.5) is 0 Å². The summed E-state index contributed by atoms with van der Waals surface area (Å²) in [6.07, 6.45) is 43.8. The molecule has 0 aliphatic carbocycles. The summed E-state index contributed by atoms with van der Waals surface area (Å²) in [6.45, 7) is 4.77. The van der Waals surface area contributed by atoms with E-state index >= 15 is 0 Å². The van der Waals surface area contributed by atoms with Gasteiger partial charge in [-0.1, -0.05) is 199 Å². The maximum atomic E-state index is 12.8. The van der Waals surface area contributed by atoms with Crippen LogP contribution in [0.25, 0.3) is 0 Å². The van der Waals surface area contributed by atoms with Crippen molar-refractivity contribution in [2.75, 3.05) is 47.5 Å². The monoisotopic (exact) mass is 852 g/mol. The van der Waals surface area contributed by atoms with E-state index < -0.39 is 24.3 Å². The number of carboxylic acids is 1. The van der Waals surface area contributed by atoms with Crippen LogP contribution in [0, 0.1) is 0 Å². The van der Waals surface area contributed by atoms with Crippen LogP contribution in [-0.2, 0) is 33.3 Å². The van der Waals surface area contributed by atoms with E-state index in [4.69, 9.17) is 18.9 Å². The van der Waals surface area contributed by atoms with E-state index in [9.17, 15) is 19.5 Å². The van der Waals surface area contributed by atoms with Gasteiger partial charge in [0.05, 0.1) is 40.3 Å². The molecule has 354 valence electrons. The van der Waals surface area contributed by atoms with Crippen molar-refractivity contribution in [3.63, 3.8) is 0 Å². The van der Waals surface area contributed by atoms with Gasteiger partial charge in [-0.15, -0.1) is 0 Å². The van der Waals surface area contributed by atoms with Gasteiger partial charge in [-0.25, -0.2) is 0 Å². The van der Waals surface area contributed by atoms with Crippen molar-refractivity contribution in [2.45, 2.75) is 251 Å². The molecule has 9 heteroatoms. The molecule has 0 amide bonds. The first-order valence-corrected chi connectivity index (χ1v) is 25.3. The Morgan fingerprint density at radius 2 is 0.850 bits per heavy atom. The molecule has 9 nitrogen and oxygen atoms in total. The lowest BCUT2D eigenvalue weighted by Crippen LogP contribution is -2.44. The molecule has 0 saturated heterocycles. The molecule has 0 heterocycles. The fourth-order valence-electron chi connectivity index (χ4n) is 7.30. The molecule has 0 aromatic carbocycles. The SMILES string of the molecule is CCCCCCCCCC/C=C\CCCCCCCCCCCC(=O)OC(COC(=O)CCCCCCCCCCCCCCCC)COC(OCC[N+](C)(C)C)C(=O)[O-]. The number of esters is 2. The van der Waals surface area contributed by atoms with Crippen molar-refractivity contribution >= 4 is 17.9 Å². The quantitative estimate of drug-likeness (QED) is 0.0196. The minimum absolute atomic E-state index is 0.151. The molecule has 0 aliphatic rings. The van der Waals surface area contributed by atoms with Gasteiger partial charge in [0.2, 0.25) is 0 Å². The van der Waals surface area contributed by atoms with Crippen molar-refractivity contribution in [3.05, 3.63) is 12.2 Å². The Balaban J connectivity index is 4.31. The van der Waals surface area contributed by atoms with Crippen LogP contribution in [-0.4, -0.2) is 82.3 Å². The van der Waals surface area contributed by atoms with Gasteiger partial charge < -0.3 is 33.3 Å². The maximum absolute atomic E-state index is 12.8. The lowest BCUT2D eigenvalue weighted by atomic mass is 10.0. The third-order valence-electron chi connectivity index (χ3n) is 11.3. The van der Waals surface area contributed by atoms with Gasteiger partial charge in [-0.2, -0.15) is 0 Å². The predicted octanol–water partition coefficient (Wildman–Crippen LogP) is 12.5. The number of unbranched alkanes of at least 4 members (excludes halogenated alkanes) is 30. The molecule has 0 saturated carbocycles. The average Bonchev–Trinajstić information content (AvgIpc) is 3.21. The Morgan fingerprint density at radius 1 is 0.483 bits per heavy atom. The first kappa shape index (κ1) is 58.0. The summed E-state index contributed by atoms with van der Waals surface area (Å²) in [5.41, 5.74) is 0. The number of hydrogen-bond donors (Lipinski definition) is 0. The first-order chi connectivity index (χ1) is 29.1. The average molecular weight is 852 g/mol. The standard InChI is InChI=1S/C51H97NO8/c1-6-8-10-12-14-16-18-20-22-23-24-25-26-27-28-30-32-34-36-38-40-42-49(54)60-47(46-59-51(50(55)56)57-44-43-52(3,4)5)45-58-48(53)41-39-37-35-33-31-29-21-19-17-15-13-11-9-7-2/h23-24,47,51H,6-22,25-46H2,1-5H3/b24-23-. The maximum Gasteiger partial charge on any atom is 0.306 e. The molecule has 0 aromatic rings. The van der Waals surface area contributed by atoms with Crippen LogP contribution in [0.2, 0.25) is 0 Å². The Morgan fingerprint density at radius 3 is 1.23 bits per heavy atom. The molecule has 0 spiro atoms. The summed E-state index contributed by atoms with van der Waals surface area (Å²) in [7, 11) is 5.92. The van der Waals surface area contributed by atoms with Crippen LogP contribution in [0.1, 0.15) is 239 Å². The number of quaternary nitrogens is 1. The fourth-order valence-corrected chi connectivity index (χ4v) is 7.30. The number of rotatable bonds is 47. The third kappa shape index (κ3) is 44.1. The number of aliphatic carboxylic acids is 1. The summed E-state index contributed by atoms with van der Waals surface area (Å²) in [5, 5.41) is 11.7. The summed E-state index contributed by atoms with van der Waals surface area (Å²) in [5.74, 6) is -2.27. The number of nitrogens with zero attached hydrogens (tertiary/aromatic N) is 1. The third-order valence-corrected chi connectivity index (χ3v) is 11.3. The first-order valence-electron chi connectivity index (χ1n) is 25.3. The van der Waals surface area contributed by atoms with Crippen molar-refractivity contribution in [3.8, 4) is 0 Å². The second kappa shape index (κ2) is 43.7. The molecular formula is C51H97NO8. The van der Waals surface area contributed by atoms with E-state index in [1.54, 1.807) is 0 Å². The number of allylic oxidation sites excluding steroid dienone is 2. The highest BCUT2D eigenvalue weighted by Crippen LogP contribution is 2.16. The zero-order valence-corrected chi connectivity index (χ0v) is 40.1. The number of hydrogen-bond acceptors (Lipinski definition) is 8. The minimum atomic E-state index is -1.62. The number of ether oxygens (including phenoxy) is 4. The molecule has 0 aliphatic heterocycles. The molecular weight excluding hydrogens is 755 g/mol.